The molecule has 0 aromatic carbocycles. The molecule has 0 radical (unpaired) electrons. The molecule has 1 N–H and O–H groups in total. The standard InChI is InChI=1S/C8H6ClF4NO2/c9-2-4-1-6(16-8(11,12)13)7(10)5(3-15)14-4/h1,15H,2-3H2. The number of nitrogens with zero attached hydrogens (tertiary/aromatic N) is 1. The number of aliphatic hydroxyl groups is 1. The van der Waals surface area contributed by atoms with Crippen molar-refractivity contribution in [2.45, 2.75) is 18.8 Å². The number of halogens is 5. The Morgan fingerprint density at radius 1 is 1.44 bits per heavy atom. The van der Waals surface area contributed by atoms with Gasteiger partial charge in [0.1, 0.15) is 5.69 Å². The Bertz CT molecular complexity index is 383. The quantitative estimate of drug-likeness (QED) is 0.669. The number of aromatic nitrogens is 1. The molecule has 0 unspecified atom stereocenters. The molecule has 8 heteroatoms. The first-order valence-electron chi connectivity index (χ1n) is 3.98. The SMILES string of the molecule is OCc1nc(CCl)cc(OC(F)(F)F)c1F. The van der Waals surface area contributed by atoms with E-state index in [0.717, 1.165) is 6.07 Å². The van der Waals surface area contributed by atoms with Gasteiger partial charge in [-0.25, -0.2) is 4.39 Å². The summed E-state index contributed by atoms with van der Waals surface area (Å²) in [6, 6.07) is 0.731. The molecule has 0 aliphatic rings. The van der Waals surface area contributed by atoms with Crippen LogP contribution in [0.15, 0.2) is 6.07 Å². The van der Waals surface area contributed by atoms with Crippen molar-refractivity contribution in [3.8, 4) is 5.75 Å². The second-order valence-electron chi connectivity index (χ2n) is 2.71. The molecule has 1 aromatic rings. The summed E-state index contributed by atoms with van der Waals surface area (Å²) < 4.78 is 52.3. The maximum atomic E-state index is 13.2. The summed E-state index contributed by atoms with van der Waals surface area (Å²) in [6.45, 7) is -0.842. The van der Waals surface area contributed by atoms with E-state index in [0.29, 0.717) is 0 Å². The number of rotatable bonds is 3. The minimum atomic E-state index is -5.02. The second kappa shape index (κ2) is 4.84. The van der Waals surface area contributed by atoms with Crippen molar-refractivity contribution in [2.75, 3.05) is 0 Å². The number of alkyl halides is 4. The molecular weight excluding hydrogens is 254 g/mol. The highest BCUT2D eigenvalue weighted by atomic mass is 35.5. The molecule has 3 nitrogen and oxygen atoms in total. The summed E-state index contributed by atoms with van der Waals surface area (Å²) >= 11 is 5.35. The summed E-state index contributed by atoms with van der Waals surface area (Å²) in [4.78, 5) is 3.50. The Morgan fingerprint density at radius 3 is 2.50 bits per heavy atom. The lowest BCUT2D eigenvalue weighted by atomic mass is 10.3. The fourth-order valence-corrected chi connectivity index (χ4v) is 1.12. The van der Waals surface area contributed by atoms with Crippen molar-refractivity contribution in [3.05, 3.63) is 23.3 Å². The first-order valence-corrected chi connectivity index (χ1v) is 4.51. The normalized spacial score (nSPS) is 11.6. The molecule has 1 heterocycles. The van der Waals surface area contributed by atoms with Crippen LogP contribution in [-0.4, -0.2) is 16.5 Å². The summed E-state index contributed by atoms with van der Waals surface area (Å²) in [5, 5.41) is 8.68. The Kier molecular flexibility index (Phi) is 3.93. The highest BCUT2D eigenvalue weighted by molar-refractivity contribution is 6.16. The van der Waals surface area contributed by atoms with E-state index in [2.05, 4.69) is 9.72 Å². The molecule has 16 heavy (non-hydrogen) atoms. The van der Waals surface area contributed by atoms with Crippen LogP contribution in [0.3, 0.4) is 0 Å². The van der Waals surface area contributed by atoms with Crippen molar-refractivity contribution in [1.82, 2.24) is 4.98 Å². The molecular formula is C8H6ClF4NO2. The van der Waals surface area contributed by atoms with Crippen LogP contribution in [0.1, 0.15) is 11.4 Å². The van der Waals surface area contributed by atoms with Crippen molar-refractivity contribution >= 4 is 11.6 Å². The van der Waals surface area contributed by atoms with Gasteiger partial charge in [0.05, 0.1) is 18.2 Å². The van der Waals surface area contributed by atoms with Crippen LogP contribution in [0.25, 0.3) is 0 Å². The minimum absolute atomic E-state index is 0.0219. The topological polar surface area (TPSA) is 42.4 Å². The number of pyridine rings is 1. The molecule has 0 saturated heterocycles. The molecule has 1 rings (SSSR count). The highest BCUT2D eigenvalue weighted by Crippen LogP contribution is 2.28. The van der Waals surface area contributed by atoms with Crippen molar-refractivity contribution < 1.29 is 27.4 Å². The molecule has 0 atom stereocenters. The summed E-state index contributed by atoms with van der Waals surface area (Å²) in [7, 11) is 0. The van der Waals surface area contributed by atoms with Crippen LogP contribution in [0.4, 0.5) is 17.6 Å². The lowest BCUT2D eigenvalue weighted by molar-refractivity contribution is -0.275. The smallest absolute Gasteiger partial charge is 0.403 e. The molecule has 0 spiro atoms. The Morgan fingerprint density at radius 2 is 2.06 bits per heavy atom. The van der Waals surface area contributed by atoms with E-state index in [-0.39, 0.29) is 11.6 Å². The highest BCUT2D eigenvalue weighted by Gasteiger charge is 2.33. The van der Waals surface area contributed by atoms with Gasteiger partial charge < -0.3 is 9.84 Å². The Hall–Kier alpha value is -1.08. The van der Waals surface area contributed by atoms with E-state index in [1.165, 1.54) is 0 Å². The van der Waals surface area contributed by atoms with Crippen LogP contribution in [-0.2, 0) is 12.5 Å². The van der Waals surface area contributed by atoms with Crippen molar-refractivity contribution in [2.24, 2.45) is 0 Å². The van der Waals surface area contributed by atoms with Gasteiger partial charge in [0.15, 0.2) is 11.6 Å². The third-order valence-corrected chi connectivity index (χ3v) is 1.83. The van der Waals surface area contributed by atoms with Gasteiger partial charge in [-0.1, -0.05) is 0 Å². The monoisotopic (exact) mass is 259 g/mol. The van der Waals surface area contributed by atoms with Gasteiger partial charge in [-0.15, -0.1) is 24.8 Å². The third kappa shape index (κ3) is 3.21. The Labute approximate surface area is 92.6 Å². The Balaban J connectivity index is 3.16. The van der Waals surface area contributed by atoms with Gasteiger partial charge in [0, 0.05) is 6.07 Å². The number of hydrogen-bond acceptors (Lipinski definition) is 3. The van der Waals surface area contributed by atoms with Gasteiger partial charge in [0.25, 0.3) is 0 Å². The fraction of sp³-hybridized carbons (Fsp3) is 0.375. The number of hydrogen-bond donors (Lipinski definition) is 1. The minimum Gasteiger partial charge on any atom is -0.403 e. The molecule has 0 bridgehead atoms. The average Bonchev–Trinajstić information content (AvgIpc) is 2.19. The number of ether oxygens (including phenoxy) is 1. The molecule has 90 valence electrons. The van der Waals surface area contributed by atoms with Crippen LogP contribution in [0.5, 0.6) is 5.75 Å². The summed E-state index contributed by atoms with van der Waals surface area (Å²) in [5.74, 6) is -2.63. The molecule has 0 fully saturated rings. The van der Waals surface area contributed by atoms with Crippen LogP contribution < -0.4 is 4.74 Å². The van der Waals surface area contributed by atoms with Gasteiger partial charge in [0.2, 0.25) is 0 Å². The van der Waals surface area contributed by atoms with Gasteiger partial charge >= 0.3 is 6.36 Å². The fourth-order valence-electron chi connectivity index (χ4n) is 0.984. The first-order chi connectivity index (χ1) is 7.37. The van der Waals surface area contributed by atoms with Crippen LogP contribution in [0, 0.1) is 5.82 Å². The number of aliphatic hydroxyl groups excluding tert-OH is 1. The van der Waals surface area contributed by atoms with Crippen molar-refractivity contribution in [1.29, 1.82) is 0 Å². The maximum absolute atomic E-state index is 13.2. The first kappa shape index (κ1) is 13.0. The molecule has 1 aromatic heterocycles. The molecule has 0 amide bonds. The van der Waals surface area contributed by atoms with Gasteiger partial charge in [-0.05, 0) is 0 Å². The predicted octanol–water partition coefficient (Wildman–Crippen LogP) is 2.35. The zero-order valence-corrected chi connectivity index (χ0v) is 8.44. The van der Waals surface area contributed by atoms with Crippen molar-refractivity contribution in [3.63, 3.8) is 0 Å². The summed E-state index contributed by atoms with van der Waals surface area (Å²) in [5.41, 5.74) is -0.566. The largest absolute Gasteiger partial charge is 0.573 e. The third-order valence-electron chi connectivity index (χ3n) is 1.56. The second-order valence-corrected chi connectivity index (χ2v) is 2.98. The molecule has 0 aliphatic heterocycles. The van der Waals surface area contributed by atoms with E-state index in [1.54, 1.807) is 0 Å². The molecule has 0 saturated carbocycles. The lowest BCUT2D eigenvalue weighted by Gasteiger charge is -2.12. The van der Waals surface area contributed by atoms with E-state index >= 15 is 0 Å². The van der Waals surface area contributed by atoms with Crippen LogP contribution >= 0.6 is 11.6 Å². The van der Waals surface area contributed by atoms with Gasteiger partial charge in [-0.3, -0.25) is 4.98 Å². The zero-order chi connectivity index (χ0) is 12.3. The van der Waals surface area contributed by atoms with Gasteiger partial charge in [-0.2, -0.15) is 0 Å². The maximum Gasteiger partial charge on any atom is 0.573 e. The van der Waals surface area contributed by atoms with E-state index in [9.17, 15) is 17.6 Å². The van der Waals surface area contributed by atoms with Crippen LogP contribution in [0.2, 0.25) is 0 Å². The summed E-state index contributed by atoms with van der Waals surface area (Å²) in [6.07, 6.45) is -5.02. The lowest BCUT2D eigenvalue weighted by Crippen LogP contribution is -2.19. The predicted molar refractivity (Wildman–Crippen MR) is 46.4 cm³/mol. The van der Waals surface area contributed by atoms with E-state index < -0.39 is 30.2 Å². The van der Waals surface area contributed by atoms with E-state index in [4.69, 9.17) is 16.7 Å². The average molecular weight is 260 g/mol. The molecule has 0 aliphatic carbocycles. The van der Waals surface area contributed by atoms with E-state index in [1.807, 2.05) is 0 Å². The zero-order valence-electron chi connectivity index (χ0n) is 7.68.